The highest BCUT2D eigenvalue weighted by Crippen LogP contribution is 2.16. The number of carbonyl (C=O) groups is 1. The number of Topliss-reactive ketones (excluding diaryl/α,β-unsaturated/α-hetero) is 1. The number of carbonyl (C=O) groups excluding carboxylic acids is 1. The fraction of sp³-hybridized carbons (Fsp3) is 0.167. The molecule has 0 aliphatic heterocycles. The Hall–Kier alpha value is -1.70. The number of fused-ring (bicyclic) bond motifs is 1. The molecule has 0 atom stereocenters. The standard InChI is InChI=1S/C12H10NO/c1-9(14)8-11-5-2-4-10-6-3-7-13-12(10)11/h2-6H,8H2,1H3. The van der Waals surface area contributed by atoms with Gasteiger partial charge in [0, 0.05) is 11.8 Å². The van der Waals surface area contributed by atoms with E-state index in [2.05, 4.69) is 11.2 Å². The van der Waals surface area contributed by atoms with Crippen LogP contribution in [-0.4, -0.2) is 10.8 Å². The van der Waals surface area contributed by atoms with Gasteiger partial charge in [-0.1, -0.05) is 24.3 Å². The van der Waals surface area contributed by atoms with Gasteiger partial charge < -0.3 is 0 Å². The summed E-state index contributed by atoms with van der Waals surface area (Å²) in [5.41, 5.74) is 1.86. The summed E-state index contributed by atoms with van der Waals surface area (Å²) in [5.74, 6) is 0.156. The maximum absolute atomic E-state index is 11.0. The van der Waals surface area contributed by atoms with Crippen molar-refractivity contribution in [2.24, 2.45) is 0 Å². The zero-order valence-electron chi connectivity index (χ0n) is 7.95. The van der Waals surface area contributed by atoms with E-state index in [9.17, 15) is 4.79 Å². The third-order valence-electron chi connectivity index (χ3n) is 2.10. The van der Waals surface area contributed by atoms with Crippen LogP contribution in [0.2, 0.25) is 0 Å². The number of nitrogens with zero attached hydrogens (tertiary/aromatic N) is 1. The van der Waals surface area contributed by atoms with E-state index in [1.54, 1.807) is 13.0 Å². The van der Waals surface area contributed by atoms with Crippen molar-refractivity contribution in [3.05, 3.63) is 42.1 Å². The number of rotatable bonds is 2. The lowest BCUT2D eigenvalue weighted by molar-refractivity contribution is -0.116. The highest BCUT2D eigenvalue weighted by atomic mass is 16.1. The van der Waals surface area contributed by atoms with Gasteiger partial charge in [0.2, 0.25) is 0 Å². The summed E-state index contributed by atoms with van der Waals surface area (Å²) in [7, 11) is 0. The summed E-state index contributed by atoms with van der Waals surface area (Å²) in [4.78, 5) is 15.2. The van der Waals surface area contributed by atoms with Crippen molar-refractivity contribution < 1.29 is 4.79 Å². The average Bonchev–Trinajstić information content (AvgIpc) is 2.18. The summed E-state index contributed by atoms with van der Waals surface area (Å²) in [5, 5.41) is 1.06. The number of para-hydroxylation sites is 1. The Morgan fingerprint density at radius 1 is 1.43 bits per heavy atom. The van der Waals surface area contributed by atoms with E-state index in [4.69, 9.17) is 0 Å². The van der Waals surface area contributed by atoms with Gasteiger partial charge in [-0.05, 0) is 18.6 Å². The van der Waals surface area contributed by atoms with E-state index in [1.165, 1.54) is 0 Å². The molecule has 1 radical (unpaired) electrons. The molecule has 1 aromatic carbocycles. The first kappa shape index (κ1) is 8.88. The van der Waals surface area contributed by atoms with Crippen molar-refractivity contribution in [2.45, 2.75) is 13.3 Å². The monoisotopic (exact) mass is 184 g/mol. The van der Waals surface area contributed by atoms with Crippen LogP contribution in [-0.2, 0) is 11.2 Å². The van der Waals surface area contributed by atoms with Crippen LogP contribution in [0.5, 0.6) is 0 Å². The molecule has 0 bridgehead atoms. The highest BCUT2D eigenvalue weighted by Gasteiger charge is 2.03. The predicted octanol–water partition coefficient (Wildman–Crippen LogP) is 2.17. The quantitative estimate of drug-likeness (QED) is 0.716. The number of ketones is 1. The summed E-state index contributed by atoms with van der Waals surface area (Å²) in [6.45, 7) is 1.59. The Kier molecular flexibility index (Phi) is 2.27. The summed E-state index contributed by atoms with van der Waals surface area (Å²) >= 11 is 0. The topological polar surface area (TPSA) is 30.0 Å². The molecular formula is C12H10NO. The van der Waals surface area contributed by atoms with Gasteiger partial charge in [-0.3, -0.25) is 4.79 Å². The Balaban J connectivity index is 2.59. The van der Waals surface area contributed by atoms with E-state index in [1.807, 2.05) is 24.3 Å². The van der Waals surface area contributed by atoms with Gasteiger partial charge in [0.15, 0.2) is 0 Å². The lowest BCUT2D eigenvalue weighted by atomic mass is 10.1. The van der Waals surface area contributed by atoms with Gasteiger partial charge >= 0.3 is 0 Å². The van der Waals surface area contributed by atoms with Gasteiger partial charge in [-0.2, -0.15) is 0 Å². The molecule has 0 saturated carbocycles. The molecule has 1 aromatic heterocycles. The van der Waals surface area contributed by atoms with Gasteiger partial charge in [-0.25, -0.2) is 4.98 Å². The van der Waals surface area contributed by atoms with Gasteiger partial charge in [0.05, 0.1) is 11.7 Å². The number of hydrogen-bond donors (Lipinski definition) is 0. The van der Waals surface area contributed by atoms with E-state index in [-0.39, 0.29) is 5.78 Å². The predicted molar refractivity (Wildman–Crippen MR) is 55.0 cm³/mol. The summed E-state index contributed by atoms with van der Waals surface area (Å²) in [6, 6.07) is 9.60. The van der Waals surface area contributed by atoms with Crippen molar-refractivity contribution in [3.63, 3.8) is 0 Å². The average molecular weight is 184 g/mol. The van der Waals surface area contributed by atoms with Crippen LogP contribution in [0.3, 0.4) is 0 Å². The molecule has 2 rings (SSSR count). The van der Waals surface area contributed by atoms with E-state index in [0.717, 1.165) is 16.5 Å². The first-order chi connectivity index (χ1) is 6.77. The molecule has 0 amide bonds. The lowest BCUT2D eigenvalue weighted by Crippen LogP contribution is -1.97. The van der Waals surface area contributed by atoms with Crippen molar-refractivity contribution in [3.8, 4) is 0 Å². The SMILES string of the molecule is CC(=O)Cc1cccc2cc[c]nc12. The molecule has 0 saturated heterocycles. The Morgan fingerprint density at radius 3 is 3.07 bits per heavy atom. The summed E-state index contributed by atoms with van der Waals surface area (Å²) < 4.78 is 0. The molecule has 0 aliphatic rings. The van der Waals surface area contributed by atoms with Crippen LogP contribution < -0.4 is 0 Å². The fourth-order valence-corrected chi connectivity index (χ4v) is 1.52. The maximum Gasteiger partial charge on any atom is 0.134 e. The van der Waals surface area contributed by atoms with Crippen LogP contribution in [0.25, 0.3) is 10.9 Å². The highest BCUT2D eigenvalue weighted by molar-refractivity contribution is 5.87. The van der Waals surface area contributed by atoms with E-state index in [0.29, 0.717) is 6.42 Å². The number of pyridine rings is 1. The molecule has 0 unspecified atom stereocenters. The molecule has 2 heteroatoms. The number of hydrogen-bond acceptors (Lipinski definition) is 2. The molecule has 69 valence electrons. The van der Waals surface area contributed by atoms with Crippen LogP contribution in [0.4, 0.5) is 0 Å². The minimum Gasteiger partial charge on any atom is -0.300 e. The minimum atomic E-state index is 0.156. The van der Waals surface area contributed by atoms with Crippen LogP contribution in [0, 0.1) is 6.20 Å². The second-order valence-corrected chi connectivity index (χ2v) is 3.31. The van der Waals surface area contributed by atoms with Gasteiger partial charge in [0.25, 0.3) is 0 Å². The molecular weight excluding hydrogens is 174 g/mol. The Labute approximate surface area is 82.6 Å². The van der Waals surface area contributed by atoms with Crippen molar-refractivity contribution in [2.75, 3.05) is 0 Å². The molecule has 14 heavy (non-hydrogen) atoms. The third-order valence-corrected chi connectivity index (χ3v) is 2.10. The minimum absolute atomic E-state index is 0.156. The van der Waals surface area contributed by atoms with Crippen LogP contribution in [0.15, 0.2) is 30.3 Å². The first-order valence-corrected chi connectivity index (χ1v) is 4.51. The molecule has 0 N–H and O–H groups in total. The van der Waals surface area contributed by atoms with E-state index >= 15 is 0 Å². The Bertz CT molecular complexity index is 471. The van der Waals surface area contributed by atoms with Crippen LogP contribution >= 0.6 is 0 Å². The van der Waals surface area contributed by atoms with Crippen LogP contribution in [0.1, 0.15) is 12.5 Å². The summed E-state index contributed by atoms with van der Waals surface area (Å²) in [6.07, 6.45) is 3.23. The molecule has 0 aliphatic carbocycles. The number of aromatic nitrogens is 1. The third kappa shape index (κ3) is 1.64. The molecule has 1 heterocycles. The van der Waals surface area contributed by atoms with Crippen molar-refractivity contribution in [1.29, 1.82) is 0 Å². The fourth-order valence-electron chi connectivity index (χ4n) is 1.52. The molecule has 0 spiro atoms. The maximum atomic E-state index is 11.0. The lowest BCUT2D eigenvalue weighted by Gasteiger charge is -2.02. The molecule has 0 fully saturated rings. The largest absolute Gasteiger partial charge is 0.300 e. The molecule has 2 nitrogen and oxygen atoms in total. The zero-order valence-corrected chi connectivity index (χ0v) is 7.95. The molecule has 2 aromatic rings. The second kappa shape index (κ2) is 3.58. The van der Waals surface area contributed by atoms with Crippen molar-refractivity contribution >= 4 is 16.7 Å². The second-order valence-electron chi connectivity index (χ2n) is 3.31. The van der Waals surface area contributed by atoms with Crippen molar-refractivity contribution in [1.82, 2.24) is 4.98 Å². The normalized spacial score (nSPS) is 10.4. The van der Waals surface area contributed by atoms with E-state index < -0.39 is 0 Å². The number of benzene rings is 1. The first-order valence-electron chi connectivity index (χ1n) is 4.51. The smallest absolute Gasteiger partial charge is 0.134 e. The van der Waals surface area contributed by atoms with Gasteiger partial charge in [-0.15, -0.1) is 0 Å². The van der Waals surface area contributed by atoms with Gasteiger partial charge in [0.1, 0.15) is 5.78 Å². The Morgan fingerprint density at radius 2 is 2.29 bits per heavy atom. The zero-order chi connectivity index (χ0) is 9.97.